The Hall–Kier alpha value is -2.31. The summed E-state index contributed by atoms with van der Waals surface area (Å²) in [5.74, 6) is 0.787. The van der Waals surface area contributed by atoms with E-state index in [4.69, 9.17) is 10.5 Å². The van der Waals surface area contributed by atoms with Gasteiger partial charge >= 0.3 is 0 Å². The monoisotopic (exact) mass is 348 g/mol. The molecule has 6 nitrogen and oxygen atoms in total. The fraction of sp³-hybridized carbons (Fsp3) is 0.294. The number of ether oxygens (including phenoxy) is 1. The number of hydrogen-bond donors (Lipinski definition) is 2. The lowest BCUT2D eigenvalue weighted by Crippen LogP contribution is -2.37. The zero-order chi connectivity index (χ0) is 16.1. The van der Waals surface area contributed by atoms with Crippen LogP contribution in [0.4, 0.5) is 11.5 Å². The number of nitrogens with one attached hydrogen (secondary N) is 1. The van der Waals surface area contributed by atoms with E-state index in [1.165, 1.54) is 0 Å². The van der Waals surface area contributed by atoms with Crippen molar-refractivity contribution < 1.29 is 9.53 Å². The third-order valence-corrected chi connectivity index (χ3v) is 3.79. The fourth-order valence-corrected chi connectivity index (χ4v) is 2.54. The van der Waals surface area contributed by atoms with Gasteiger partial charge in [0.25, 0.3) is 5.91 Å². The minimum Gasteiger partial charge on any atom is -0.399 e. The smallest absolute Gasteiger partial charge is 0.251 e. The summed E-state index contributed by atoms with van der Waals surface area (Å²) in [5, 5.41) is 2.94. The molecule has 1 amide bonds. The number of pyridine rings is 1. The topological polar surface area (TPSA) is 80.5 Å². The van der Waals surface area contributed by atoms with Crippen molar-refractivity contribution in [2.45, 2.75) is 6.54 Å². The molecule has 0 unspecified atom stereocenters. The molecule has 3 rings (SSSR count). The molecule has 128 valence electrons. The number of morpholine rings is 1. The second kappa shape index (κ2) is 8.52. The van der Waals surface area contributed by atoms with Gasteiger partial charge in [-0.25, -0.2) is 4.98 Å². The summed E-state index contributed by atoms with van der Waals surface area (Å²) in [4.78, 5) is 18.9. The Morgan fingerprint density at radius 3 is 2.62 bits per heavy atom. The van der Waals surface area contributed by atoms with Crippen LogP contribution in [-0.2, 0) is 11.3 Å². The van der Waals surface area contributed by atoms with Crippen LogP contribution < -0.4 is 16.0 Å². The summed E-state index contributed by atoms with van der Waals surface area (Å²) >= 11 is 0. The summed E-state index contributed by atoms with van der Waals surface area (Å²) in [5.41, 5.74) is 7.87. The summed E-state index contributed by atoms with van der Waals surface area (Å²) in [7, 11) is 0. The second-order valence-corrected chi connectivity index (χ2v) is 5.39. The standard InChI is InChI=1S/C17H20N4O2.ClH/c18-15-5-3-13(4-6-15)17(22)20-12-14-2-1-7-19-16(14)21-8-10-23-11-9-21;/h1-7H,8-12,18H2,(H,20,22);1H. The molecule has 1 aliphatic rings. The van der Waals surface area contributed by atoms with Crippen LogP contribution in [0.25, 0.3) is 0 Å². The Morgan fingerprint density at radius 1 is 1.21 bits per heavy atom. The molecule has 0 atom stereocenters. The molecule has 0 saturated carbocycles. The minimum absolute atomic E-state index is 0. The zero-order valence-electron chi connectivity index (χ0n) is 13.3. The van der Waals surface area contributed by atoms with Gasteiger partial charge in [0.2, 0.25) is 0 Å². The highest BCUT2D eigenvalue weighted by Gasteiger charge is 2.16. The molecule has 0 aliphatic carbocycles. The van der Waals surface area contributed by atoms with Crippen LogP contribution in [0.1, 0.15) is 15.9 Å². The first-order valence-corrected chi connectivity index (χ1v) is 7.64. The molecule has 0 bridgehead atoms. The Morgan fingerprint density at radius 2 is 1.92 bits per heavy atom. The van der Waals surface area contributed by atoms with E-state index in [9.17, 15) is 4.79 Å². The van der Waals surface area contributed by atoms with Gasteiger partial charge < -0.3 is 20.7 Å². The van der Waals surface area contributed by atoms with Crippen LogP contribution >= 0.6 is 12.4 Å². The largest absolute Gasteiger partial charge is 0.399 e. The third kappa shape index (κ3) is 4.37. The zero-order valence-corrected chi connectivity index (χ0v) is 14.1. The first-order valence-electron chi connectivity index (χ1n) is 7.64. The molecule has 24 heavy (non-hydrogen) atoms. The number of benzene rings is 1. The van der Waals surface area contributed by atoms with Crippen molar-refractivity contribution in [1.82, 2.24) is 10.3 Å². The van der Waals surface area contributed by atoms with Gasteiger partial charge in [0.15, 0.2) is 0 Å². The van der Waals surface area contributed by atoms with Crippen LogP contribution in [0, 0.1) is 0 Å². The Balaban J connectivity index is 0.00000208. The van der Waals surface area contributed by atoms with E-state index >= 15 is 0 Å². The van der Waals surface area contributed by atoms with E-state index in [1.54, 1.807) is 30.5 Å². The molecule has 1 aliphatic heterocycles. The highest BCUT2D eigenvalue weighted by atomic mass is 35.5. The number of nitrogens with zero attached hydrogens (tertiary/aromatic N) is 2. The van der Waals surface area contributed by atoms with Gasteiger partial charge in [-0.2, -0.15) is 0 Å². The third-order valence-electron chi connectivity index (χ3n) is 3.79. The highest BCUT2D eigenvalue weighted by Crippen LogP contribution is 2.18. The van der Waals surface area contributed by atoms with Crippen molar-refractivity contribution in [2.24, 2.45) is 0 Å². The number of nitrogens with two attached hydrogens (primary N) is 1. The quantitative estimate of drug-likeness (QED) is 0.824. The Kier molecular flexibility index (Phi) is 6.40. The first kappa shape index (κ1) is 18.0. The van der Waals surface area contributed by atoms with Crippen LogP contribution in [-0.4, -0.2) is 37.2 Å². The number of amides is 1. The molecule has 0 spiro atoms. The van der Waals surface area contributed by atoms with Gasteiger partial charge in [-0.1, -0.05) is 6.07 Å². The lowest BCUT2D eigenvalue weighted by Gasteiger charge is -2.29. The SMILES string of the molecule is Cl.Nc1ccc(C(=O)NCc2cccnc2N2CCOCC2)cc1. The molecule has 2 heterocycles. The van der Waals surface area contributed by atoms with Crippen molar-refractivity contribution in [3.8, 4) is 0 Å². The average molecular weight is 349 g/mol. The molecule has 1 fully saturated rings. The van der Waals surface area contributed by atoms with E-state index in [1.807, 2.05) is 12.1 Å². The molecule has 3 N–H and O–H groups in total. The normalized spacial score (nSPS) is 13.9. The first-order chi connectivity index (χ1) is 11.2. The van der Waals surface area contributed by atoms with Crippen LogP contribution in [0.3, 0.4) is 0 Å². The maximum absolute atomic E-state index is 12.2. The van der Waals surface area contributed by atoms with Gasteiger partial charge in [-0.05, 0) is 30.3 Å². The molecule has 1 aromatic carbocycles. The molecule has 2 aromatic rings. The van der Waals surface area contributed by atoms with Gasteiger partial charge in [-0.3, -0.25) is 4.79 Å². The van der Waals surface area contributed by atoms with Crippen molar-refractivity contribution in [2.75, 3.05) is 36.9 Å². The van der Waals surface area contributed by atoms with Crippen LogP contribution in [0.5, 0.6) is 0 Å². The number of hydrogen-bond acceptors (Lipinski definition) is 5. The number of anilines is 2. The number of nitrogen functional groups attached to an aromatic ring is 1. The maximum atomic E-state index is 12.2. The fourth-order valence-electron chi connectivity index (χ4n) is 2.54. The molecular formula is C17H21ClN4O2. The van der Waals surface area contributed by atoms with Crippen molar-refractivity contribution in [1.29, 1.82) is 0 Å². The van der Waals surface area contributed by atoms with Gasteiger partial charge in [0.1, 0.15) is 5.82 Å². The molecule has 1 aromatic heterocycles. The maximum Gasteiger partial charge on any atom is 0.251 e. The molecule has 7 heteroatoms. The highest BCUT2D eigenvalue weighted by molar-refractivity contribution is 5.94. The number of aromatic nitrogens is 1. The Labute approximate surface area is 147 Å². The molecule has 1 saturated heterocycles. The van der Waals surface area contributed by atoms with Crippen LogP contribution in [0.2, 0.25) is 0 Å². The minimum atomic E-state index is -0.123. The molecule has 0 radical (unpaired) electrons. The summed E-state index contributed by atoms with van der Waals surface area (Å²) in [6, 6.07) is 10.7. The van der Waals surface area contributed by atoms with E-state index in [0.29, 0.717) is 31.0 Å². The van der Waals surface area contributed by atoms with Crippen molar-refractivity contribution >= 4 is 29.8 Å². The predicted molar refractivity (Wildman–Crippen MR) is 96.5 cm³/mol. The lowest BCUT2D eigenvalue weighted by molar-refractivity contribution is 0.0950. The second-order valence-electron chi connectivity index (χ2n) is 5.39. The van der Waals surface area contributed by atoms with Gasteiger partial charge in [0, 0.05) is 42.6 Å². The predicted octanol–water partition coefficient (Wildman–Crippen LogP) is 1.85. The van der Waals surface area contributed by atoms with E-state index in [-0.39, 0.29) is 18.3 Å². The van der Waals surface area contributed by atoms with E-state index in [2.05, 4.69) is 15.2 Å². The number of rotatable bonds is 4. The number of halogens is 1. The number of carbonyl (C=O) groups excluding carboxylic acids is 1. The van der Waals surface area contributed by atoms with Gasteiger partial charge in [-0.15, -0.1) is 12.4 Å². The van der Waals surface area contributed by atoms with Gasteiger partial charge in [0.05, 0.1) is 13.2 Å². The molecular weight excluding hydrogens is 328 g/mol. The lowest BCUT2D eigenvalue weighted by atomic mass is 10.2. The van der Waals surface area contributed by atoms with Crippen LogP contribution in [0.15, 0.2) is 42.6 Å². The van der Waals surface area contributed by atoms with E-state index in [0.717, 1.165) is 24.5 Å². The average Bonchev–Trinajstić information content (AvgIpc) is 2.61. The summed E-state index contributed by atoms with van der Waals surface area (Å²) < 4.78 is 5.38. The summed E-state index contributed by atoms with van der Waals surface area (Å²) in [6.07, 6.45) is 1.77. The number of carbonyl (C=O) groups is 1. The Bertz CT molecular complexity index is 673. The summed E-state index contributed by atoms with van der Waals surface area (Å²) in [6.45, 7) is 3.47. The van der Waals surface area contributed by atoms with Crippen molar-refractivity contribution in [3.05, 3.63) is 53.7 Å². The van der Waals surface area contributed by atoms with Crippen molar-refractivity contribution in [3.63, 3.8) is 0 Å². The van der Waals surface area contributed by atoms with E-state index < -0.39 is 0 Å².